The molecule has 2 N–H and O–H groups in total. The summed E-state index contributed by atoms with van der Waals surface area (Å²) in [5.74, 6) is -2.88. The van der Waals surface area contributed by atoms with Crippen LogP contribution in [0.15, 0.2) is 36.5 Å². The molecule has 0 bridgehead atoms. The van der Waals surface area contributed by atoms with Crippen LogP contribution < -0.4 is 5.32 Å². The summed E-state index contributed by atoms with van der Waals surface area (Å²) in [6.45, 7) is 3.39. The highest BCUT2D eigenvalue weighted by atomic mass is 32.1. The summed E-state index contributed by atoms with van der Waals surface area (Å²) in [7, 11) is 0. The fraction of sp³-hybridized carbons (Fsp3) is 0.318. The molecule has 0 fully saturated rings. The summed E-state index contributed by atoms with van der Waals surface area (Å²) in [5, 5.41) is 23.4. The van der Waals surface area contributed by atoms with Crippen LogP contribution >= 0.6 is 11.3 Å². The van der Waals surface area contributed by atoms with Gasteiger partial charge in [0.05, 0.1) is 0 Å². The van der Waals surface area contributed by atoms with Crippen LogP contribution in [-0.4, -0.2) is 33.6 Å². The highest BCUT2D eigenvalue weighted by molar-refractivity contribution is 7.12. The van der Waals surface area contributed by atoms with Crippen molar-refractivity contribution in [1.82, 2.24) is 15.1 Å². The van der Waals surface area contributed by atoms with Gasteiger partial charge in [0.15, 0.2) is 5.69 Å². The standard InChI is InChI=1S/C20H17F3N4S.C2HF3O2/c1-2-27-11-17(19(26-27)20(21,22)23)14-6-4-3-5-13(14)16-9-25-10-18-15(16)7-12(8-24)28-18;3-2(4,5)1(6)7/h3-7,11,16,25H,2,9-10H2,1H3;(H,6,7)/t16-;/m0./s1. The fourth-order valence-corrected chi connectivity index (χ4v) is 4.67. The normalized spacial score (nSPS) is 15.5. The Balaban J connectivity index is 0.000000429. The van der Waals surface area contributed by atoms with Gasteiger partial charge in [-0.25, -0.2) is 4.79 Å². The van der Waals surface area contributed by atoms with Crippen molar-refractivity contribution in [2.45, 2.75) is 38.3 Å². The molecule has 3 heterocycles. The van der Waals surface area contributed by atoms with Crippen LogP contribution in [-0.2, 0) is 24.1 Å². The van der Waals surface area contributed by atoms with Gasteiger partial charge in [0.25, 0.3) is 0 Å². The maximum Gasteiger partial charge on any atom is 0.490 e. The Labute approximate surface area is 199 Å². The molecule has 186 valence electrons. The van der Waals surface area contributed by atoms with E-state index in [0.717, 1.165) is 16.0 Å². The first kappa shape index (κ1) is 26.2. The molecule has 0 radical (unpaired) electrons. The van der Waals surface area contributed by atoms with E-state index in [-0.39, 0.29) is 11.5 Å². The van der Waals surface area contributed by atoms with Crippen LogP contribution in [0.1, 0.15) is 39.4 Å². The Hall–Kier alpha value is -3.37. The second-order valence-corrected chi connectivity index (χ2v) is 8.56. The van der Waals surface area contributed by atoms with Gasteiger partial charge in [-0.3, -0.25) is 4.68 Å². The van der Waals surface area contributed by atoms with Crippen LogP contribution in [0, 0.1) is 11.3 Å². The number of nitrogens with zero attached hydrogens (tertiary/aromatic N) is 3. The molecule has 0 amide bonds. The number of aromatic nitrogens is 2. The zero-order valence-electron chi connectivity index (χ0n) is 18.0. The van der Waals surface area contributed by atoms with Crippen molar-refractivity contribution in [2.24, 2.45) is 0 Å². The minimum atomic E-state index is -5.08. The molecular weight excluding hydrogens is 498 g/mol. The van der Waals surface area contributed by atoms with Gasteiger partial charge in [0, 0.05) is 42.2 Å². The number of benzene rings is 1. The number of carbonyl (C=O) groups is 1. The quantitative estimate of drug-likeness (QED) is 0.456. The molecule has 4 rings (SSSR count). The average Bonchev–Trinajstić information content (AvgIpc) is 3.43. The van der Waals surface area contributed by atoms with Crippen molar-refractivity contribution in [1.29, 1.82) is 5.26 Å². The van der Waals surface area contributed by atoms with E-state index < -0.39 is 24.0 Å². The summed E-state index contributed by atoms with van der Waals surface area (Å²) < 4.78 is 73.9. The second kappa shape index (κ2) is 10.1. The number of fused-ring (bicyclic) bond motifs is 1. The van der Waals surface area contributed by atoms with Gasteiger partial charge in [-0.1, -0.05) is 24.3 Å². The third-order valence-electron chi connectivity index (χ3n) is 5.18. The van der Waals surface area contributed by atoms with Crippen LogP contribution in [0.4, 0.5) is 26.3 Å². The lowest BCUT2D eigenvalue weighted by atomic mass is 9.84. The molecule has 0 spiro atoms. The van der Waals surface area contributed by atoms with E-state index in [2.05, 4.69) is 16.5 Å². The van der Waals surface area contributed by atoms with Gasteiger partial charge < -0.3 is 10.4 Å². The smallest absolute Gasteiger partial charge is 0.475 e. The number of carboxylic acids is 1. The molecule has 2 aromatic heterocycles. The van der Waals surface area contributed by atoms with Gasteiger partial charge >= 0.3 is 18.3 Å². The summed E-state index contributed by atoms with van der Waals surface area (Å²) in [6.07, 6.45) is -8.15. The molecule has 1 aliphatic rings. The van der Waals surface area contributed by atoms with Crippen molar-refractivity contribution < 1.29 is 36.2 Å². The number of aliphatic carboxylic acids is 1. The van der Waals surface area contributed by atoms with Crippen LogP contribution in [0.5, 0.6) is 0 Å². The molecule has 0 saturated heterocycles. The first-order valence-electron chi connectivity index (χ1n) is 10.1. The maximum absolute atomic E-state index is 13.6. The van der Waals surface area contributed by atoms with E-state index >= 15 is 0 Å². The molecule has 1 aromatic carbocycles. The molecule has 35 heavy (non-hydrogen) atoms. The van der Waals surface area contributed by atoms with Gasteiger partial charge in [-0.15, -0.1) is 11.3 Å². The minimum absolute atomic E-state index is 0.0906. The van der Waals surface area contributed by atoms with Crippen LogP contribution in [0.2, 0.25) is 0 Å². The van der Waals surface area contributed by atoms with Gasteiger partial charge in [0.1, 0.15) is 10.9 Å². The third kappa shape index (κ3) is 5.83. The number of alkyl halides is 6. The Morgan fingerprint density at radius 2 is 1.89 bits per heavy atom. The number of thiophene rings is 1. The molecule has 6 nitrogen and oxygen atoms in total. The molecule has 0 saturated carbocycles. The Morgan fingerprint density at radius 1 is 1.23 bits per heavy atom. The largest absolute Gasteiger partial charge is 0.490 e. The fourth-order valence-electron chi connectivity index (χ4n) is 3.68. The van der Waals surface area contributed by atoms with Crippen molar-refractivity contribution in [3.05, 3.63) is 63.1 Å². The number of nitrogens with one attached hydrogen (secondary N) is 1. The first-order valence-corrected chi connectivity index (χ1v) is 11.0. The summed E-state index contributed by atoms with van der Waals surface area (Å²) in [5.41, 5.74) is 1.57. The van der Waals surface area contributed by atoms with Crippen LogP contribution in [0.3, 0.4) is 0 Å². The average molecular weight is 516 g/mol. The third-order valence-corrected chi connectivity index (χ3v) is 6.24. The van der Waals surface area contributed by atoms with E-state index in [1.165, 1.54) is 22.2 Å². The number of rotatable bonds is 3. The summed E-state index contributed by atoms with van der Waals surface area (Å²) in [4.78, 5) is 10.6. The van der Waals surface area contributed by atoms with Crippen molar-refractivity contribution in [3.8, 4) is 17.2 Å². The van der Waals surface area contributed by atoms with Crippen molar-refractivity contribution in [3.63, 3.8) is 0 Å². The number of halogens is 6. The lowest BCUT2D eigenvalue weighted by molar-refractivity contribution is -0.192. The molecule has 0 aliphatic carbocycles. The predicted molar refractivity (Wildman–Crippen MR) is 115 cm³/mol. The number of nitriles is 1. The van der Waals surface area contributed by atoms with E-state index in [1.54, 1.807) is 19.1 Å². The molecule has 3 aromatic rings. The predicted octanol–water partition coefficient (Wildman–Crippen LogP) is 5.39. The van der Waals surface area contributed by atoms with Gasteiger partial charge in [0.2, 0.25) is 0 Å². The van der Waals surface area contributed by atoms with Gasteiger partial charge in [-0.05, 0) is 29.7 Å². The Morgan fingerprint density at radius 3 is 2.46 bits per heavy atom. The summed E-state index contributed by atoms with van der Waals surface area (Å²) >= 11 is 1.43. The molecule has 1 aliphatic heterocycles. The first-order chi connectivity index (χ1) is 16.4. The van der Waals surface area contributed by atoms with Crippen molar-refractivity contribution in [2.75, 3.05) is 6.54 Å². The minimum Gasteiger partial charge on any atom is -0.475 e. The highest BCUT2D eigenvalue weighted by Crippen LogP contribution is 2.42. The lowest BCUT2D eigenvalue weighted by Gasteiger charge is -2.26. The monoisotopic (exact) mass is 516 g/mol. The number of aryl methyl sites for hydroxylation is 1. The molecular formula is C22H18F6N4O2S. The van der Waals surface area contributed by atoms with E-state index in [1.807, 2.05) is 18.2 Å². The molecule has 13 heteroatoms. The molecule has 1 atom stereocenters. The van der Waals surface area contributed by atoms with E-state index in [4.69, 9.17) is 9.90 Å². The SMILES string of the molecule is CCn1cc(-c2ccccc2[C@@H]2CNCc3sc(C#N)cc32)c(C(F)(F)F)n1.O=C(O)C(F)(F)F. The zero-order valence-corrected chi connectivity index (χ0v) is 18.9. The zero-order chi connectivity index (χ0) is 26.0. The lowest BCUT2D eigenvalue weighted by Crippen LogP contribution is -2.27. The number of hydrogen-bond acceptors (Lipinski definition) is 5. The van der Waals surface area contributed by atoms with E-state index in [9.17, 15) is 31.6 Å². The Kier molecular flexibility index (Phi) is 7.56. The van der Waals surface area contributed by atoms with Gasteiger partial charge in [-0.2, -0.15) is 36.7 Å². The molecule has 0 unspecified atom stereocenters. The number of carboxylic acid groups (broad SMARTS) is 1. The maximum atomic E-state index is 13.6. The van der Waals surface area contributed by atoms with E-state index in [0.29, 0.717) is 30.1 Å². The second-order valence-electron chi connectivity index (χ2n) is 7.42. The van der Waals surface area contributed by atoms with Crippen molar-refractivity contribution >= 4 is 17.3 Å². The number of hydrogen-bond donors (Lipinski definition) is 2. The topological polar surface area (TPSA) is 90.9 Å². The highest BCUT2D eigenvalue weighted by Gasteiger charge is 2.39. The van der Waals surface area contributed by atoms with Crippen LogP contribution in [0.25, 0.3) is 11.1 Å². The summed E-state index contributed by atoms with van der Waals surface area (Å²) in [6, 6.07) is 11.2. The Bertz CT molecular complexity index is 1260.